The van der Waals surface area contributed by atoms with Crippen molar-refractivity contribution in [1.82, 2.24) is 19.1 Å². The third-order valence-electron chi connectivity index (χ3n) is 5.22. The molecule has 8 heteroatoms. The molecule has 0 unspecified atom stereocenters. The fourth-order valence-electron chi connectivity index (χ4n) is 3.86. The molecule has 2 amide bonds. The second-order valence-electron chi connectivity index (χ2n) is 8.22. The highest BCUT2D eigenvalue weighted by atomic mass is 16.2. The lowest BCUT2D eigenvalue weighted by molar-refractivity contribution is 0.259. The molecule has 2 aromatic heterocycles. The summed E-state index contributed by atoms with van der Waals surface area (Å²) >= 11 is 0. The molecular weight excluding hydrogens is 392 g/mol. The number of hydrogen-bond donors (Lipinski definition) is 3. The van der Waals surface area contributed by atoms with Gasteiger partial charge in [-0.2, -0.15) is 0 Å². The Morgan fingerprint density at radius 2 is 1.94 bits per heavy atom. The number of aryl methyl sites for hydroxylation is 2. The number of imidazole rings is 2. The predicted molar refractivity (Wildman–Crippen MR) is 123 cm³/mol. The third-order valence-corrected chi connectivity index (χ3v) is 5.22. The summed E-state index contributed by atoms with van der Waals surface area (Å²) in [6, 6.07) is 13.2. The van der Waals surface area contributed by atoms with Gasteiger partial charge in [-0.15, -0.1) is 0 Å². The van der Waals surface area contributed by atoms with E-state index in [0.29, 0.717) is 18.2 Å². The molecule has 0 aliphatic rings. The molecular formula is C23H26N6O2. The molecule has 4 rings (SSSR count). The molecule has 0 fully saturated rings. The number of H-pyrrole nitrogens is 1. The van der Waals surface area contributed by atoms with Crippen molar-refractivity contribution in [2.45, 2.75) is 27.3 Å². The number of nitrogens with one attached hydrogen (secondary N) is 2. The number of carbonyl (C=O) groups excluding carboxylic acids is 1. The number of primary amides is 1. The van der Waals surface area contributed by atoms with E-state index in [-0.39, 0.29) is 11.6 Å². The summed E-state index contributed by atoms with van der Waals surface area (Å²) < 4.78 is 3.46. The van der Waals surface area contributed by atoms with Gasteiger partial charge in [-0.05, 0) is 31.0 Å². The lowest BCUT2D eigenvalue weighted by atomic mass is 10.0. The summed E-state index contributed by atoms with van der Waals surface area (Å²) in [6.45, 7) is 6.84. The maximum Gasteiger partial charge on any atom is 0.328 e. The number of rotatable bonds is 5. The van der Waals surface area contributed by atoms with Crippen molar-refractivity contribution in [3.63, 3.8) is 0 Å². The van der Waals surface area contributed by atoms with Gasteiger partial charge in [0.25, 0.3) is 0 Å². The number of amides is 2. The summed E-state index contributed by atoms with van der Waals surface area (Å²) in [5, 5.41) is 2.52. The first kappa shape index (κ1) is 20.5. The third kappa shape index (κ3) is 3.84. The standard InChI is InChI=1S/C23H26N6O2/c1-13(2)12-29-17-9-8-16(11-18(17)28(4)23(29)31)20-19(15-7-5-6-14(3)10-15)25-22(26-20)27-21(24)30/h5-11,13H,12H2,1-4H3,(H4,24,25,26,27,30). The highest BCUT2D eigenvalue weighted by Crippen LogP contribution is 2.33. The Kier molecular flexibility index (Phi) is 5.14. The van der Waals surface area contributed by atoms with Crippen LogP contribution in [-0.4, -0.2) is 25.1 Å². The monoisotopic (exact) mass is 418 g/mol. The first-order chi connectivity index (χ1) is 14.7. The first-order valence-electron chi connectivity index (χ1n) is 10.2. The van der Waals surface area contributed by atoms with Crippen LogP contribution in [0, 0.1) is 12.8 Å². The van der Waals surface area contributed by atoms with E-state index in [9.17, 15) is 9.59 Å². The van der Waals surface area contributed by atoms with Crippen molar-refractivity contribution in [3.8, 4) is 22.5 Å². The smallest absolute Gasteiger partial charge is 0.328 e. The zero-order chi connectivity index (χ0) is 22.3. The summed E-state index contributed by atoms with van der Waals surface area (Å²) in [4.78, 5) is 31.9. The van der Waals surface area contributed by atoms with E-state index in [1.54, 1.807) is 16.2 Å². The molecule has 31 heavy (non-hydrogen) atoms. The average molecular weight is 419 g/mol. The normalized spacial score (nSPS) is 11.4. The Bertz CT molecular complexity index is 1340. The van der Waals surface area contributed by atoms with Gasteiger partial charge in [0, 0.05) is 24.7 Å². The Hall–Kier alpha value is -3.81. The maximum absolute atomic E-state index is 12.8. The number of benzene rings is 2. The summed E-state index contributed by atoms with van der Waals surface area (Å²) in [7, 11) is 1.78. The number of aromatic amines is 1. The SMILES string of the molecule is Cc1cccc(-c2nc(NC(N)=O)[nH]c2-c2ccc3c(c2)n(C)c(=O)n3CC(C)C)c1. The van der Waals surface area contributed by atoms with Gasteiger partial charge in [0.15, 0.2) is 0 Å². The number of nitrogens with two attached hydrogens (primary N) is 1. The molecule has 160 valence electrons. The minimum Gasteiger partial charge on any atom is -0.351 e. The second kappa shape index (κ2) is 7.79. The van der Waals surface area contributed by atoms with Crippen molar-refractivity contribution >= 4 is 23.0 Å². The van der Waals surface area contributed by atoms with Crippen molar-refractivity contribution in [2.24, 2.45) is 18.7 Å². The van der Waals surface area contributed by atoms with Gasteiger partial charge < -0.3 is 10.7 Å². The second-order valence-corrected chi connectivity index (χ2v) is 8.22. The largest absolute Gasteiger partial charge is 0.351 e. The lowest BCUT2D eigenvalue weighted by Crippen LogP contribution is -2.24. The lowest BCUT2D eigenvalue weighted by Gasteiger charge is -2.07. The maximum atomic E-state index is 12.8. The molecule has 4 N–H and O–H groups in total. The van der Waals surface area contributed by atoms with Gasteiger partial charge in [-0.1, -0.05) is 43.7 Å². The van der Waals surface area contributed by atoms with Crippen LogP contribution in [0.15, 0.2) is 47.3 Å². The van der Waals surface area contributed by atoms with Crippen molar-refractivity contribution in [1.29, 1.82) is 0 Å². The van der Waals surface area contributed by atoms with E-state index in [2.05, 4.69) is 29.1 Å². The van der Waals surface area contributed by atoms with Gasteiger partial charge in [0.05, 0.1) is 22.4 Å². The van der Waals surface area contributed by atoms with E-state index < -0.39 is 6.03 Å². The van der Waals surface area contributed by atoms with Crippen LogP contribution in [0.4, 0.5) is 10.7 Å². The number of urea groups is 1. The highest BCUT2D eigenvalue weighted by molar-refractivity contribution is 5.90. The molecule has 0 atom stereocenters. The number of aromatic nitrogens is 4. The number of nitrogens with zero attached hydrogens (tertiary/aromatic N) is 3. The van der Waals surface area contributed by atoms with Crippen LogP contribution in [-0.2, 0) is 13.6 Å². The molecule has 0 bridgehead atoms. The van der Waals surface area contributed by atoms with Crippen LogP contribution in [0.3, 0.4) is 0 Å². The Balaban J connectivity index is 1.90. The molecule has 8 nitrogen and oxygen atoms in total. The first-order valence-corrected chi connectivity index (χ1v) is 10.2. The van der Waals surface area contributed by atoms with Crippen molar-refractivity contribution < 1.29 is 4.79 Å². The van der Waals surface area contributed by atoms with Crippen LogP contribution in [0.25, 0.3) is 33.5 Å². The number of fused-ring (bicyclic) bond motifs is 1. The van der Waals surface area contributed by atoms with Crippen LogP contribution in [0.1, 0.15) is 19.4 Å². The number of anilines is 1. The molecule has 0 aliphatic carbocycles. The molecule has 0 radical (unpaired) electrons. The molecule has 2 aromatic carbocycles. The number of hydrogen-bond acceptors (Lipinski definition) is 3. The van der Waals surface area contributed by atoms with Gasteiger partial charge in [0.2, 0.25) is 5.95 Å². The molecule has 0 saturated heterocycles. The van der Waals surface area contributed by atoms with E-state index in [0.717, 1.165) is 33.4 Å². The van der Waals surface area contributed by atoms with E-state index >= 15 is 0 Å². The van der Waals surface area contributed by atoms with E-state index in [4.69, 9.17) is 5.73 Å². The van der Waals surface area contributed by atoms with Crippen LogP contribution < -0.4 is 16.7 Å². The Labute approximate surface area is 179 Å². The van der Waals surface area contributed by atoms with Gasteiger partial charge in [0.1, 0.15) is 0 Å². The highest BCUT2D eigenvalue weighted by Gasteiger charge is 2.18. The molecule has 0 aliphatic heterocycles. The van der Waals surface area contributed by atoms with E-state index in [1.165, 1.54) is 0 Å². The Morgan fingerprint density at radius 1 is 1.16 bits per heavy atom. The Morgan fingerprint density at radius 3 is 2.61 bits per heavy atom. The quantitative estimate of drug-likeness (QED) is 0.458. The van der Waals surface area contributed by atoms with Gasteiger partial charge in [-0.25, -0.2) is 14.6 Å². The fraction of sp³-hybridized carbons (Fsp3) is 0.261. The van der Waals surface area contributed by atoms with Gasteiger partial charge in [-0.3, -0.25) is 14.5 Å². The topological polar surface area (TPSA) is 111 Å². The predicted octanol–water partition coefficient (Wildman–Crippen LogP) is 3.85. The average Bonchev–Trinajstić information content (AvgIpc) is 3.22. The zero-order valence-corrected chi connectivity index (χ0v) is 18.1. The van der Waals surface area contributed by atoms with Crippen LogP contribution >= 0.6 is 0 Å². The molecule has 0 saturated carbocycles. The summed E-state index contributed by atoms with van der Waals surface area (Å²) in [5.74, 6) is 0.622. The van der Waals surface area contributed by atoms with Crippen LogP contribution in [0.5, 0.6) is 0 Å². The molecule has 0 spiro atoms. The van der Waals surface area contributed by atoms with Crippen molar-refractivity contribution in [2.75, 3.05) is 5.32 Å². The van der Waals surface area contributed by atoms with Gasteiger partial charge >= 0.3 is 11.7 Å². The summed E-state index contributed by atoms with van der Waals surface area (Å²) in [6.07, 6.45) is 0. The molecule has 4 aromatic rings. The molecule has 2 heterocycles. The minimum atomic E-state index is -0.695. The number of carbonyl (C=O) groups is 1. The van der Waals surface area contributed by atoms with Crippen molar-refractivity contribution in [3.05, 3.63) is 58.5 Å². The summed E-state index contributed by atoms with van der Waals surface area (Å²) in [5.41, 5.74) is 11.3. The minimum absolute atomic E-state index is 0.0412. The fourth-order valence-corrected chi connectivity index (χ4v) is 3.86. The zero-order valence-electron chi connectivity index (χ0n) is 18.1. The van der Waals surface area contributed by atoms with Crippen LogP contribution in [0.2, 0.25) is 0 Å². The van der Waals surface area contributed by atoms with E-state index in [1.807, 2.05) is 49.4 Å².